The Morgan fingerprint density at radius 1 is 1.26 bits per heavy atom. The van der Waals surface area contributed by atoms with Crippen molar-refractivity contribution in [2.24, 2.45) is 5.92 Å². The molecule has 1 N–H and O–H groups in total. The van der Waals surface area contributed by atoms with Crippen molar-refractivity contribution in [3.8, 4) is 5.75 Å². The van der Waals surface area contributed by atoms with Crippen molar-refractivity contribution in [1.82, 2.24) is 10.2 Å². The molecular weight excluding hydrogens is 236 g/mol. The van der Waals surface area contributed by atoms with Crippen molar-refractivity contribution in [2.75, 3.05) is 20.7 Å². The molecular formula is C16H26N2O. The van der Waals surface area contributed by atoms with Crippen LogP contribution >= 0.6 is 0 Å². The highest BCUT2D eigenvalue weighted by molar-refractivity contribution is 5.27. The van der Waals surface area contributed by atoms with Crippen LogP contribution in [0, 0.1) is 5.92 Å². The monoisotopic (exact) mass is 262 g/mol. The van der Waals surface area contributed by atoms with Gasteiger partial charge in [0, 0.05) is 25.2 Å². The number of methoxy groups -OCH3 is 1. The maximum Gasteiger partial charge on any atom is 0.118 e. The minimum atomic E-state index is 0.619. The zero-order valence-corrected chi connectivity index (χ0v) is 12.5. The normalized spacial score (nSPS) is 28.3. The average molecular weight is 262 g/mol. The Hall–Kier alpha value is -1.06. The van der Waals surface area contributed by atoms with Crippen LogP contribution in [0.1, 0.15) is 25.8 Å². The van der Waals surface area contributed by atoms with Crippen LogP contribution in [0.5, 0.6) is 5.75 Å². The molecule has 0 radical (unpaired) electrons. The number of hydrogen-bond acceptors (Lipinski definition) is 3. The first-order valence-corrected chi connectivity index (χ1v) is 7.16. The Labute approximate surface area is 116 Å². The lowest BCUT2D eigenvalue weighted by molar-refractivity contribution is 0.121. The maximum absolute atomic E-state index is 5.18. The van der Waals surface area contributed by atoms with Gasteiger partial charge in [-0.1, -0.05) is 19.1 Å². The first-order valence-electron chi connectivity index (χ1n) is 7.16. The molecule has 1 aliphatic heterocycles. The van der Waals surface area contributed by atoms with Crippen LogP contribution in [-0.4, -0.2) is 37.7 Å². The number of ether oxygens (including phenoxy) is 1. The van der Waals surface area contributed by atoms with Crippen LogP contribution in [0.25, 0.3) is 0 Å². The molecule has 2 rings (SSSR count). The predicted octanol–water partition coefficient (Wildman–Crippen LogP) is 2.51. The number of likely N-dealkylation sites (tertiary alicyclic amines) is 1. The van der Waals surface area contributed by atoms with Gasteiger partial charge in [0.15, 0.2) is 0 Å². The molecule has 0 aromatic heterocycles. The summed E-state index contributed by atoms with van der Waals surface area (Å²) in [6.07, 6.45) is 1.23. The van der Waals surface area contributed by atoms with E-state index in [1.165, 1.54) is 18.5 Å². The lowest BCUT2D eigenvalue weighted by atomic mass is 9.90. The van der Waals surface area contributed by atoms with Crippen molar-refractivity contribution < 1.29 is 4.74 Å². The van der Waals surface area contributed by atoms with E-state index in [9.17, 15) is 0 Å². The fourth-order valence-corrected chi connectivity index (χ4v) is 2.82. The van der Waals surface area contributed by atoms with Crippen molar-refractivity contribution in [3.63, 3.8) is 0 Å². The molecule has 3 atom stereocenters. The Balaban J connectivity index is 1.87. The second kappa shape index (κ2) is 6.40. The number of benzene rings is 1. The topological polar surface area (TPSA) is 24.5 Å². The summed E-state index contributed by atoms with van der Waals surface area (Å²) in [5.41, 5.74) is 1.32. The van der Waals surface area contributed by atoms with Gasteiger partial charge in [-0.2, -0.15) is 0 Å². The van der Waals surface area contributed by atoms with E-state index >= 15 is 0 Å². The summed E-state index contributed by atoms with van der Waals surface area (Å²) < 4.78 is 5.18. The summed E-state index contributed by atoms with van der Waals surface area (Å²) in [5.74, 6) is 1.63. The van der Waals surface area contributed by atoms with Crippen LogP contribution in [0.15, 0.2) is 24.3 Å². The molecule has 0 spiro atoms. The molecule has 106 valence electrons. The van der Waals surface area contributed by atoms with Gasteiger partial charge in [-0.25, -0.2) is 0 Å². The molecule has 1 aliphatic rings. The van der Waals surface area contributed by atoms with Gasteiger partial charge in [-0.3, -0.25) is 0 Å². The number of rotatable bonds is 4. The Kier molecular flexibility index (Phi) is 4.83. The van der Waals surface area contributed by atoms with Crippen LogP contribution in [0.2, 0.25) is 0 Å². The van der Waals surface area contributed by atoms with Gasteiger partial charge in [0.2, 0.25) is 0 Å². The molecule has 1 fully saturated rings. The van der Waals surface area contributed by atoms with Crippen molar-refractivity contribution in [1.29, 1.82) is 0 Å². The molecule has 0 bridgehead atoms. The number of hydrogen-bond donors (Lipinski definition) is 1. The largest absolute Gasteiger partial charge is 0.497 e. The van der Waals surface area contributed by atoms with Gasteiger partial charge in [-0.15, -0.1) is 0 Å². The zero-order valence-electron chi connectivity index (χ0n) is 12.5. The molecule has 0 amide bonds. The van der Waals surface area contributed by atoms with Gasteiger partial charge in [-0.05, 0) is 44.0 Å². The summed E-state index contributed by atoms with van der Waals surface area (Å²) in [4.78, 5) is 2.45. The molecule has 0 aliphatic carbocycles. The number of nitrogens with zero attached hydrogens (tertiary/aromatic N) is 1. The van der Waals surface area contributed by atoms with Crippen molar-refractivity contribution >= 4 is 0 Å². The van der Waals surface area contributed by atoms with Crippen LogP contribution in [-0.2, 0) is 6.54 Å². The smallest absolute Gasteiger partial charge is 0.118 e. The van der Waals surface area contributed by atoms with E-state index in [1.54, 1.807) is 7.11 Å². The lowest BCUT2D eigenvalue weighted by Crippen LogP contribution is -2.50. The van der Waals surface area contributed by atoms with Gasteiger partial charge >= 0.3 is 0 Å². The van der Waals surface area contributed by atoms with Gasteiger partial charge in [0.05, 0.1) is 7.11 Å². The summed E-state index contributed by atoms with van der Waals surface area (Å²) in [6.45, 7) is 6.78. The zero-order chi connectivity index (χ0) is 13.8. The summed E-state index contributed by atoms with van der Waals surface area (Å²) in [5, 5.41) is 3.71. The SMILES string of the molecule is COc1ccc(CN[C@H]2C[C@@H](C)N(C)C[C@H]2C)cc1. The molecule has 3 nitrogen and oxygen atoms in total. The van der Waals surface area contributed by atoms with Crippen molar-refractivity contribution in [2.45, 2.75) is 38.9 Å². The van der Waals surface area contributed by atoms with E-state index < -0.39 is 0 Å². The average Bonchev–Trinajstić information content (AvgIpc) is 2.42. The Bertz CT molecular complexity index is 390. The first kappa shape index (κ1) is 14.4. The highest BCUT2D eigenvalue weighted by Crippen LogP contribution is 2.21. The third-order valence-corrected chi connectivity index (χ3v) is 4.34. The van der Waals surface area contributed by atoms with E-state index in [-0.39, 0.29) is 0 Å². The summed E-state index contributed by atoms with van der Waals surface area (Å²) in [7, 11) is 3.93. The summed E-state index contributed by atoms with van der Waals surface area (Å²) in [6, 6.07) is 9.61. The van der Waals surface area contributed by atoms with Crippen LogP contribution < -0.4 is 10.1 Å². The van der Waals surface area contributed by atoms with Gasteiger partial charge in [0.1, 0.15) is 5.75 Å². The Morgan fingerprint density at radius 3 is 2.58 bits per heavy atom. The standard InChI is InChI=1S/C16H26N2O/c1-12-11-18(3)13(2)9-16(12)17-10-14-5-7-15(19-4)8-6-14/h5-8,12-13,16-17H,9-11H2,1-4H3/t12-,13-,16+/m1/s1. The molecule has 1 heterocycles. The Morgan fingerprint density at radius 2 is 1.95 bits per heavy atom. The fourth-order valence-electron chi connectivity index (χ4n) is 2.82. The number of nitrogens with one attached hydrogen (secondary N) is 1. The molecule has 3 heteroatoms. The molecule has 0 unspecified atom stereocenters. The molecule has 0 saturated carbocycles. The van der Waals surface area contributed by atoms with Crippen LogP contribution in [0.3, 0.4) is 0 Å². The van der Waals surface area contributed by atoms with Crippen molar-refractivity contribution in [3.05, 3.63) is 29.8 Å². The third-order valence-electron chi connectivity index (χ3n) is 4.34. The first-order chi connectivity index (χ1) is 9.10. The minimum absolute atomic E-state index is 0.619. The second-order valence-corrected chi connectivity index (χ2v) is 5.84. The lowest BCUT2D eigenvalue weighted by Gasteiger charge is -2.40. The molecule has 1 saturated heterocycles. The quantitative estimate of drug-likeness (QED) is 0.902. The van der Waals surface area contributed by atoms with E-state index in [4.69, 9.17) is 4.74 Å². The number of piperidine rings is 1. The van der Waals surface area contributed by atoms with E-state index in [2.05, 4.69) is 43.2 Å². The minimum Gasteiger partial charge on any atom is -0.497 e. The van der Waals surface area contributed by atoms with Gasteiger partial charge < -0.3 is 15.0 Å². The maximum atomic E-state index is 5.18. The van der Waals surface area contributed by atoms with Gasteiger partial charge in [0.25, 0.3) is 0 Å². The second-order valence-electron chi connectivity index (χ2n) is 5.84. The van der Waals surface area contributed by atoms with E-state index in [0.29, 0.717) is 18.0 Å². The molecule has 1 aromatic rings. The molecule has 19 heavy (non-hydrogen) atoms. The van der Waals surface area contributed by atoms with E-state index in [0.717, 1.165) is 12.3 Å². The predicted molar refractivity (Wildman–Crippen MR) is 79.5 cm³/mol. The highest BCUT2D eigenvalue weighted by Gasteiger charge is 2.28. The van der Waals surface area contributed by atoms with Crippen LogP contribution in [0.4, 0.5) is 0 Å². The van der Waals surface area contributed by atoms with E-state index in [1.807, 2.05) is 12.1 Å². The summed E-state index contributed by atoms with van der Waals surface area (Å²) >= 11 is 0. The molecule has 1 aromatic carbocycles. The highest BCUT2D eigenvalue weighted by atomic mass is 16.5. The fraction of sp³-hybridized carbons (Fsp3) is 0.625. The third kappa shape index (κ3) is 3.71.